The normalized spacial score (nSPS) is 17.6. The highest BCUT2D eigenvalue weighted by molar-refractivity contribution is 5.72. The second-order valence-corrected chi connectivity index (χ2v) is 7.45. The summed E-state index contributed by atoms with van der Waals surface area (Å²) >= 11 is 0. The predicted molar refractivity (Wildman–Crippen MR) is 99.0 cm³/mol. The first-order valence-electron chi connectivity index (χ1n) is 8.87. The molecule has 2 aromatic rings. The van der Waals surface area contributed by atoms with Crippen LogP contribution in [0.4, 0.5) is 9.18 Å². The van der Waals surface area contributed by atoms with E-state index >= 15 is 0 Å². The number of hydrogen-bond donors (Lipinski definition) is 2. The Balaban J connectivity index is 2.00. The van der Waals surface area contributed by atoms with Gasteiger partial charge in [0.2, 0.25) is 0 Å². The van der Waals surface area contributed by atoms with Crippen LogP contribution in [0.2, 0.25) is 0 Å². The van der Waals surface area contributed by atoms with Crippen molar-refractivity contribution in [2.75, 3.05) is 6.61 Å². The van der Waals surface area contributed by atoms with Crippen molar-refractivity contribution in [1.29, 1.82) is 0 Å². The van der Waals surface area contributed by atoms with Gasteiger partial charge in [0.1, 0.15) is 11.6 Å². The van der Waals surface area contributed by atoms with Crippen molar-refractivity contribution < 1.29 is 19.0 Å². The van der Waals surface area contributed by atoms with Crippen molar-refractivity contribution in [3.05, 3.63) is 53.3 Å². The van der Waals surface area contributed by atoms with Gasteiger partial charge in [-0.1, -0.05) is 39.0 Å². The highest BCUT2D eigenvalue weighted by Gasteiger charge is 2.40. The maximum Gasteiger partial charge on any atom is 0.405 e. The fraction of sp³-hybridized carbons (Fsp3) is 0.381. The number of benzene rings is 2. The van der Waals surface area contributed by atoms with E-state index in [1.54, 1.807) is 6.07 Å². The zero-order chi connectivity index (χ0) is 18.9. The van der Waals surface area contributed by atoms with Gasteiger partial charge in [-0.15, -0.1) is 0 Å². The minimum absolute atomic E-state index is 0.205. The number of fused-ring (bicyclic) bond motifs is 1. The Hall–Kier alpha value is -2.56. The lowest BCUT2D eigenvalue weighted by atomic mass is 9.85. The minimum atomic E-state index is -1.02. The molecule has 2 aromatic carbocycles. The molecule has 1 aliphatic carbocycles. The number of halogens is 1. The standard InChI is InChI=1S/C21H24FNO3/c1-4-9-26-18-11-15(22)6-8-16(18)13-5-7-17-14(10-13)12-21(2,3)19(17)23-20(24)25/h5-8,10-11,19,23H,4,9,12H2,1-3H3,(H,24,25). The number of nitrogens with one attached hydrogen (secondary N) is 1. The van der Waals surface area contributed by atoms with Crippen molar-refractivity contribution in [3.63, 3.8) is 0 Å². The van der Waals surface area contributed by atoms with Crippen molar-refractivity contribution in [3.8, 4) is 16.9 Å². The van der Waals surface area contributed by atoms with Crippen LogP contribution in [0.5, 0.6) is 5.75 Å². The number of carboxylic acid groups (broad SMARTS) is 1. The Bertz CT molecular complexity index is 832. The van der Waals surface area contributed by atoms with Crippen molar-refractivity contribution in [2.45, 2.75) is 39.7 Å². The third-order valence-electron chi connectivity index (χ3n) is 4.87. The summed E-state index contributed by atoms with van der Waals surface area (Å²) in [5.74, 6) is 0.206. The van der Waals surface area contributed by atoms with E-state index in [0.717, 1.165) is 35.1 Å². The molecule has 0 saturated heterocycles. The summed E-state index contributed by atoms with van der Waals surface area (Å²) in [7, 11) is 0. The van der Waals surface area contributed by atoms with Crippen LogP contribution in [0.25, 0.3) is 11.1 Å². The zero-order valence-electron chi connectivity index (χ0n) is 15.3. The molecular formula is C21H24FNO3. The fourth-order valence-corrected chi connectivity index (χ4v) is 3.68. The Morgan fingerprint density at radius 2 is 2.08 bits per heavy atom. The maximum absolute atomic E-state index is 13.6. The second-order valence-electron chi connectivity index (χ2n) is 7.45. The van der Waals surface area contributed by atoms with E-state index in [2.05, 4.69) is 25.2 Å². The molecule has 1 atom stereocenters. The van der Waals surface area contributed by atoms with Crippen LogP contribution in [0.15, 0.2) is 36.4 Å². The molecule has 0 radical (unpaired) electrons. The van der Waals surface area contributed by atoms with Crippen molar-refractivity contribution >= 4 is 6.09 Å². The Morgan fingerprint density at radius 1 is 1.31 bits per heavy atom. The van der Waals surface area contributed by atoms with Gasteiger partial charge >= 0.3 is 6.09 Å². The van der Waals surface area contributed by atoms with E-state index in [9.17, 15) is 9.18 Å². The smallest absolute Gasteiger partial charge is 0.405 e. The Labute approximate surface area is 153 Å². The molecule has 0 fully saturated rings. The summed E-state index contributed by atoms with van der Waals surface area (Å²) in [4.78, 5) is 11.2. The molecule has 0 bridgehead atoms. The van der Waals surface area contributed by atoms with Gasteiger partial charge in [-0.3, -0.25) is 0 Å². The summed E-state index contributed by atoms with van der Waals surface area (Å²) in [6, 6.07) is 10.3. The van der Waals surface area contributed by atoms with Gasteiger partial charge in [0.15, 0.2) is 0 Å². The summed E-state index contributed by atoms with van der Waals surface area (Å²) < 4.78 is 19.4. The van der Waals surface area contributed by atoms with Gasteiger partial charge in [-0.2, -0.15) is 0 Å². The molecule has 0 saturated carbocycles. The molecule has 1 amide bonds. The van der Waals surface area contributed by atoms with E-state index in [0.29, 0.717) is 12.4 Å². The van der Waals surface area contributed by atoms with Gasteiger partial charge in [0.25, 0.3) is 0 Å². The van der Waals surface area contributed by atoms with Crippen LogP contribution >= 0.6 is 0 Å². The fourth-order valence-electron chi connectivity index (χ4n) is 3.68. The number of rotatable bonds is 5. The molecule has 1 unspecified atom stereocenters. The monoisotopic (exact) mass is 357 g/mol. The molecule has 138 valence electrons. The molecule has 26 heavy (non-hydrogen) atoms. The van der Waals surface area contributed by atoms with Gasteiger partial charge < -0.3 is 15.2 Å². The SMILES string of the molecule is CCCOc1cc(F)ccc1-c1ccc2c(c1)CC(C)(C)C2NC(=O)O. The first kappa shape index (κ1) is 18.2. The number of carbonyl (C=O) groups is 1. The predicted octanol–water partition coefficient (Wildman–Crippen LogP) is 5.17. The molecule has 0 aliphatic heterocycles. The van der Waals surface area contributed by atoms with Gasteiger partial charge in [-0.05, 0) is 47.1 Å². The third kappa shape index (κ3) is 3.52. The summed E-state index contributed by atoms with van der Waals surface area (Å²) in [5.41, 5.74) is 3.69. The van der Waals surface area contributed by atoms with Gasteiger partial charge in [0.05, 0.1) is 12.6 Å². The highest BCUT2D eigenvalue weighted by Crippen LogP contribution is 2.46. The third-order valence-corrected chi connectivity index (χ3v) is 4.87. The van der Waals surface area contributed by atoms with Gasteiger partial charge in [-0.25, -0.2) is 9.18 Å². The largest absolute Gasteiger partial charge is 0.493 e. The van der Waals surface area contributed by atoms with Crippen molar-refractivity contribution in [1.82, 2.24) is 5.32 Å². The summed E-state index contributed by atoms with van der Waals surface area (Å²) in [6.45, 7) is 6.65. The lowest BCUT2D eigenvalue weighted by molar-refractivity contribution is 0.175. The van der Waals surface area contributed by atoms with Crippen LogP contribution in [0.3, 0.4) is 0 Å². The average molecular weight is 357 g/mol. The lowest BCUT2D eigenvalue weighted by Crippen LogP contribution is -2.34. The van der Waals surface area contributed by atoms with Crippen LogP contribution in [-0.4, -0.2) is 17.8 Å². The van der Waals surface area contributed by atoms with E-state index in [1.165, 1.54) is 12.1 Å². The van der Waals surface area contributed by atoms with E-state index in [4.69, 9.17) is 9.84 Å². The molecular weight excluding hydrogens is 333 g/mol. The second kappa shape index (κ2) is 6.98. The Kier molecular flexibility index (Phi) is 4.90. The van der Waals surface area contributed by atoms with Crippen molar-refractivity contribution in [2.24, 2.45) is 5.41 Å². The maximum atomic E-state index is 13.6. The van der Waals surface area contributed by atoms with Crippen LogP contribution in [0.1, 0.15) is 44.4 Å². The van der Waals surface area contributed by atoms with E-state index in [-0.39, 0.29) is 17.3 Å². The van der Waals surface area contributed by atoms with Crippen LogP contribution in [0, 0.1) is 11.2 Å². The number of ether oxygens (including phenoxy) is 1. The minimum Gasteiger partial charge on any atom is -0.493 e. The van der Waals surface area contributed by atoms with Crippen LogP contribution < -0.4 is 10.1 Å². The molecule has 0 spiro atoms. The van der Waals surface area contributed by atoms with Crippen LogP contribution in [-0.2, 0) is 6.42 Å². The molecule has 1 aliphatic rings. The number of amides is 1. The molecule has 3 rings (SSSR count). The zero-order valence-corrected chi connectivity index (χ0v) is 15.3. The average Bonchev–Trinajstić information content (AvgIpc) is 2.82. The molecule has 0 aromatic heterocycles. The number of hydrogen-bond acceptors (Lipinski definition) is 2. The topological polar surface area (TPSA) is 58.6 Å². The molecule has 2 N–H and O–H groups in total. The first-order valence-corrected chi connectivity index (χ1v) is 8.87. The lowest BCUT2D eigenvalue weighted by Gasteiger charge is -2.27. The van der Waals surface area contributed by atoms with Gasteiger partial charge in [0, 0.05) is 11.6 Å². The van der Waals surface area contributed by atoms with E-state index < -0.39 is 6.09 Å². The Morgan fingerprint density at radius 3 is 2.77 bits per heavy atom. The molecule has 5 heteroatoms. The van der Waals surface area contributed by atoms with E-state index in [1.807, 2.05) is 19.1 Å². The quantitative estimate of drug-likeness (QED) is 0.776. The highest BCUT2D eigenvalue weighted by atomic mass is 19.1. The summed E-state index contributed by atoms with van der Waals surface area (Å²) in [5, 5.41) is 11.8. The molecule has 4 nitrogen and oxygen atoms in total. The molecule has 0 heterocycles. The first-order chi connectivity index (χ1) is 12.3. The summed E-state index contributed by atoms with van der Waals surface area (Å²) in [6.07, 6.45) is 0.596.